The van der Waals surface area contributed by atoms with E-state index < -0.39 is 15.8 Å². The van der Waals surface area contributed by atoms with Crippen molar-refractivity contribution in [3.05, 3.63) is 59.9 Å². The molecule has 1 aliphatic rings. The molecular formula is C22H27FN2O4S. The second-order valence-electron chi connectivity index (χ2n) is 7.50. The lowest BCUT2D eigenvalue weighted by Crippen LogP contribution is -2.46. The van der Waals surface area contributed by atoms with Crippen molar-refractivity contribution >= 4 is 15.9 Å². The van der Waals surface area contributed by atoms with E-state index in [0.717, 1.165) is 23.4 Å². The Hall–Kier alpha value is -2.45. The van der Waals surface area contributed by atoms with Crippen LogP contribution in [-0.4, -0.2) is 45.0 Å². The molecule has 0 bridgehead atoms. The van der Waals surface area contributed by atoms with E-state index in [2.05, 4.69) is 4.72 Å². The minimum Gasteiger partial charge on any atom is -0.494 e. The zero-order valence-corrected chi connectivity index (χ0v) is 17.8. The highest BCUT2D eigenvalue weighted by Crippen LogP contribution is 2.17. The summed E-state index contributed by atoms with van der Waals surface area (Å²) in [6.07, 6.45) is 2.12. The number of nitrogens with one attached hydrogen (secondary N) is 1. The summed E-state index contributed by atoms with van der Waals surface area (Å²) < 4.78 is 46.2. The molecule has 1 amide bonds. The van der Waals surface area contributed by atoms with Gasteiger partial charge >= 0.3 is 0 Å². The standard InChI is InChI=1S/C22H27FN2O4S/c1-17-4-2-5-20(16-17)29-15-3-6-22(26)25-13-11-19(12-14-25)24-30(27,28)21-9-7-18(23)8-10-21/h2,4-5,7-10,16,19,24H,3,6,11-15H2,1H3. The van der Waals surface area contributed by atoms with Gasteiger partial charge in [-0.25, -0.2) is 17.5 Å². The molecule has 2 aromatic rings. The molecule has 3 rings (SSSR count). The third-order valence-electron chi connectivity index (χ3n) is 5.09. The second kappa shape index (κ2) is 10.0. The van der Waals surface area contributed by atoms with Crippen molar-refractivity contribution in [2.45, 2.75) is 43.5 Å². The Morgan fingerprint density at radius 2 is 1.87 bits per heavy atom. The van der Waals surface area contributed by atoms with Gasteiger partial charge < -0.3 is 9.64 Å². The summed E-state index contributed by atoms with van der Waals surface area (Å²) >= 11 is 0. The van der Waals surface area contributed by atoms with Crippen LogP contribution in [0, 0.1) is 12.7 Å². The van der Waals surface area contributed by atoms with E-state index in [9.17, 15) is 17.6 Å². The maximum absolute atomic E-state index is 13.0. The summed E-state index contributed by atoms with van der Waals surface area (Å²) in [4.78, 5) is 14.2. The molecule has 0 radical (unpaired) electrons. The van der Waals surface area contributed by atoms with Crippen LogP contribution in [0.25, 0.3) is 0 Å². The predicted molar refractivity (Wildman–Crippen MR) is 112 cm³/mol. The number of sulfonamides is 1. The smallest absolute Gasteiger partial charge is 0.240 e. The molecule has 1 heterocycles. The van der Waals surface area contributed by atoms with Gasteiger partial charge in [0.05, 0.1) is 11.5 Å². The van der Waals surface area contributed by atoms with Crippen molar-refractivity contribution < 1.29 is 22.3 Å². The molecule has 2 aromatic carbocycles. The topological polar surface area (TPSA) is 75.7 Å². The van der Waals surface area contributed by atoms with Gasteiger partial charge in [-0.05, 0) is 68.1 Å². The number of carbonyl (C=O) groups excluding carboxylic acids is 1. The summed E-state index contributed by atoms with van der Waals surface area (Å²) in [5.74, 6) is 0.379. The summed E-state index contributed by atoms with van der Waals surface area (Å²) in [5.41, 5.74) is 1.13. The molecule has 1 fully saturated rings. The number of ether oxygens (including phenoxy) is 1. The van der Waals surface area contributed by atoms with Gasteiger partial charge in [0, 0.05) is 25.6 Å². The van der Waals surface area contributed by atoms with E-state index in [-0.39, 0.29) is 16.8 Å². The lowest BCUT2D eigenvalue weighted by Gasteiger charge is -2.32. The van der Waals surface area contributed by atoms with E-state index in [4.69, 9.17) is 4.74 Å². The number of hydrogen-bond acceptors (Lipinski definition) is 4. The van der Waals surface area contributed by atoms with Crippen molar-refractivity contribution in [1.82, 2.24) is 9.62 Å². The molecule has 8 heteroatoms. The molecule has 162 valence electrons. The fourth-order valence-corrected chi connectivity index (χ4v) is 4.73. The number of aryl methyl sites for hydroxylation is 1. The third-order valence-corrected chi connectivity index (χ3v) is 6.62. The van der Waals surface area contributed by atoms with Crippen LogP contribution in [0.3, 0.4) is 0 Å². The molecule has 6 nitrogen and oxygen atoms in total. The highest BCUT2D eigenvalue weighted by molar-refractivity contribution is 7.89. The number of rotatable bonds is 8. The van der Waals surface area contributed by atoms with Crippen molar-refractivity contribution in [2.75, 3.05) is 19.7 Å². The van der Waals surface area contributed by atoms with Crippen LogP contribution < -0.4 is 9.46 Å². The highest BCUT2D eigenvalue weighted by Gasteiger charge is 2.26. The molecule has 1 saturated heterocycles. The highest BCUT2D eigenvalue weighted by atomic mass is 32.2. The summed E-state index contributed by atoms with van der Waals surface area (Å²) in [5, 5.41) is 0. The number of halogens is 1. The maximum atomic E-state index is 13.0. The van der Waals surface area contributed by atoms with Gasteiger partial charge in [0.25, 0.3) is 0 Å². The van der Waals surface area contributed by atoms with Crippen LogP contribution in [0.4, 0.5) is 4.39 Å². The Kier molecular flexibility index (Phi) is 7.44. The Morgan fingerprint density at radius 1 is 1.17 bits per heavy atom. The number of hydrogen-bond donors (Lipinski definition) is 1. The number of nitrogens with zero attached hydrogens (tertiary/aromatic N) is 1. The average Bonchev–Trinajstić information content (AvgIpc) is 2.72. The molecule has 0 aromatic heterocycles. The lowest BCUT2D eigenvalue weighted by atomic mass is 10.1. The number of carbonyl (C=O) groups is 1. The number of likely N-dealkylation sites (tertiary alicyclic amines) is 1. The maximum Gasteiger partial charge on any atom is 0.240 e. The monoisotopic (exact) mass is 434 g/mol. The van der Waals surface area contributed by atoms with E-state index in [1.165, 1.54) is 12.1 Å². The minimum absolute atomic E-state index is 0.0380. The zero-order valence-electron chi connectivity index (χ0n) is 17.0. The first-order valence-electron chi connectivity index (χ1n) is 10.1. The summed E-state index contributed by atoms with van der Waals surface area (Å²) in [6.45, 7) is 3.49. The van der Waals surface area contributed by atoms with E-state index >= 15 is 0 Å². The second-order valence-corrected chi connectivity index (χ2v) is 9.21. The Morgan fingerprint density at radius 3 is 2.53 bits per heavy atom. The quantitative estimate of drug-likeness (QED) is 0.647. The van der Waals surface area contributed by atoms with Crippen molar-refractivity contribution in [3.8, 4) is 5.75 Å². The van der Waals surface area contributed by atoms with Crippen LogP contribution in [0.2, 0.25) is 0 Å². The first-order valence-corrected chi connectivity index (χ1v) is 11.6. The molecule has 0 aliphatic carbocycles. The van der Waals surface area contributed by atoms with Crippen LogP contribution in [0.15, 0.2) is 53.4 Å². The van der Waals surface area contributed by atoms with E-state index in [1.807, 2.05) is 31.2 Å². The molecular weight excluding hydrogens is 407 g/mol. The molecule has 0 spiro atoms. The number of amides is 1. The molecule has 0 saturated carbocycles. The van der Waals surface area contributed by atoms with E-state index in [0.29, 0.717) is 45.4 Å². The molecule has 30 heavy (non-hydrogen) atoms. The van der Waals surface area contributed by atoms with Crippen molar-refractivity contribution in [3.63, 3.8) is 0 Å². The van der Waals surface area contributed by atoms with Gasteiger partial charge in [-0.15, -0.1) is 0 Å². The molecule has 1 N–H and O–H groups in total. The fourth-order valence-electron chi connectivity index (χ4n) is 3.42. The van der Waals surface area contributed by atoms with Crippen LogP contribution >= 0.6 is 0 Å². The molecule has 0 unspecified atom stereocenters. The lowest BCUT2D eigenvalue weighted by molar-refractivity contribution is -0.132. The van der Waals surface area contributed by atoms with E-state index in [1.54, 1.807) is 4.90 Å². The van der Waals surface area contributed by atoms with Crippen LogP contribution in [-0.2, 0) is 14.8 Å². The first kappa shape index (κ1) is 22.2. The van der Waals surface area contributed by atoms with Crippen molar-refractivity contribution in [1.29, 1.82) is 0 Å². The van der Waals surface area contributed by atoms with Crippen LogP contribution in [0.1, 0.15) is 31.2 Å². The SMILES string of the molecule is Cc1cccc(OCCCC(=O)N2CCC(NS(=O)(=O)c3ccc(F)cc3)CC2)c1. The minimum atomic E-state index is -3.70. The normalized spacial score (nSPS) is 15.2. The van der Waals surface area contributed by atoms with Gasteiger partial charge in [0.1, 0.15) is 11.6 Å². The van der Waals surface area contributed by atoms with Gasteiger partial charge in [0.15, 0.2) is 0 Å². The Labute approximate surface area is 177 Å². The predicted octanol–water partition coefficient (Wildman–Crippen LogP) is 3.26. The van der Waals surface area contributed by atoms with Crippen molar-refractivity contribution in [2.24, 2.45) is 0 Å². The third kappa shape index (κ3) is 6.27. The summed E-state index contributed by atoms with van der Waals surface area (Å²) in [6, 6.07) is 12.3. The number of benzene rings is 2. The Bertz CT molecular complexity index is 955. The van der Waals surface area contributed by atoms with Gasteiger partial charge in [-0.3, -0.25) is 4.79 Å². The average molecular weight is 435 g/mol. The zero-order chi connectivity index (χ0) is 21.6. The first-order chi connectivity index (χ1) is 14.3. The Balaban J connectivity index is 1.39. The molecule has 1 aliphatic heterocycles. The largest absolute Gasteiger partial charge is 0.494 e. The van der Waals surface area contributed by atoms with Gasteiger partial charge in [-0.1, -0.05) is 12.1 Å². The summed E-state index contributed by atoms with van der Waals surface area (Å²) in [7, 11) is -3.70. The molecule has 0 atom stereocenters. The number of piperidine rings is 1. The fraction of sp³-hybridized carbons (Fsp3) is 0.409. The van der Waals surface area contributed by atoms with Gasteiger partial charge in [0.2, 0.25) is 15.9 Å². The van der Waals surface area contributed by atoms with Gasteiger partial charge in [-0.2, -0.15) is 0 Å². The van der Waals surface area contributed by atoms with Crippen LogP contribution in [0.5, 0.6) is 5.75 Å².